The molecule has 2 aliphatic heterocycles. The quantitative estimate of drug-likeness (QED) is 0.836. The Morgan fingerprint density at radius 2 is 2.16 bits per heavy atom. The van der Waals surface area contributed by atoms with Crippen molar-refractivity contribution in [1.82, 2.24) is 10.2 Å². The summed E-state index contributed by atoms with van der Waals surface area (Å²) in [5, 5.41) is 3.45. The molecule has 0 spiro atoms. The first kappa shape index (κ1) is 13.4. The zero-order valence-corrected chi connectivity index (χ0v) is 11.9. The lowest BCUT2D eigenvalue weighted by Crippen LogP contribution is -2.47. The second-order valence-corrected chi connectivity index (χ2v) is 6.49. The lowest BCUT2D eigenvalue weighted by Gasteiger charge is -2.32. The van der Waals surface area contributed by atoms with Crippen LogP contribution in [-0.2, 0) is 9.53 Å². The molecule has 3 unspecified atom stereocenters. The van der Waals surface area contributed by atoms with Gasteiger partial charge in [0, 0.05) is 19.2 Å². The summed E-state index contributed by atoms with van der Waals surface area (Å²) in [6.07, 6.45) is 5.73. The van der Waals surface area contributed by atoms with Crippen LogP contribution in [0.3, 0.4) is 0 Å². The minimum atomic E-state index is -0.169. The molecule has 0 aromatic rings. The first-order chi connectivity index (χ1) is 9.25. The average molecular weight is 266 g/mol. The number of piperidine rings is 1. The molecule has 3 rings (SSSR count). The third-order valence-electron chi connectivity index (χ3n) is 4.76. The molecule has 0 aromatic heterocycles. The van der Waals surface area contributed by atoms with Crippen molar-refractivity contribution in [2.24, 2.45) is 11.8 Å². The van der Waals surface area contributed by atoms with Gasteiger partial charge in [-0.25, -0.2) is 0 Å². The lowest BCUT2D eigenvalue weighted by atomic mass is 9.97. The molecule has 1 N–H and O–H groups in total. The lowest BCUT2D eigenvalue weighted by molar-refractivity contribution is -0.143. The van der Waals surface area contributed by atoms with Gasteiger partial charge in [-0.3, -0.25) is 4.79 Å². The van der Waals surface area contributed by atoms with Gasteiger partial charge >= 0.3 is 0 Å². The normalized spacial score (nSPS) is 35.3. The Bertz CT molecular complexity index is 324. The monoisotopic (exact) mass is 266 g/mol. The van der Waals surface area contributed by atoms with Crippen LogP contribution in [0.4, 0.5) is 0 Å². The number of ether oxygens (including phenoxy) is 1. The van der Waals surface area contributed by atoms with E-state index < -0.39 is 0 Å². The molecule has 0 aromatic carbocycles. The smallest absolute Gasteiger partial charge is 0.252 e. The number of rotatable bonds is 4. The van der Waals surface area contributed by atoms with Gasteiger partial charge in [0.25, 0.3) is 5.91 Å². The molecule has 4 nitrogen and oxygen atoms in total. The van der Waals surface area contributed by atoms with Gasteiger partial charge in [-0.2, -0.15) is 0 Å². The summed E-state index contributed by atoms with van der Waals surface area (Å²) < 4.78 is 5.67. The van der Waals surface area contributed by atoms with Gasteiger partial charge in [0.15, 0.2) is 0 Å². The predicted octanol–water partition coefficient (Wildman–Crippen LogP) is 1.40. The molecular weight excluding hydrogens is 240 g/mol. The Morgan fingerprint density at radius 1 is 1.32 bits per heavy atom. The van der Waals surface area contributed by atoms with Crippen LogP contribution in [0.15, 0.2) is 0 Å². The molecule has 3 aliphatic rings. The summed E-state index contributed by atoms with van der Waals surface area (Å²) in [5.41, 5.74) is 0. The van der Waals surface area contributed by atoms with Crippen molar-refractivity contribution in [3.63, 3.8) is 0 Å². The minimum Gasteiger partial charge on any atom is -0.368 e. The van der Waals surface area contributed by atoms with E-state index in [2.05, 4.69) is 17.1 Å². The molecule has 1 saturated carbocycles. The minimum absolute atomic E-state index is 0.169. The molecule has 1 amide bonds. The van der Waals surface area contributed by atoms with Gasteiger partial charge in [0.05, 0.1) is 0 Å². The van der Waals surface area contributed by atoms with Gasteiger partial charge in [-0.15, -0.1) is 0 Å². The molecule has 0 bridgehead atoms. The highest BCUT2D eigenvalue weighted by molar-refractivity contribution is 5.82. The van der Waals surface area contributed by atoms with Crippen LogP contribution < -0.4 is 5.32 Å². The number of nitrogens with zero attached hydrogens (tertiary/aromatic N) is 1. The van der Waals surface area contributed by atoms with E-state index >= 15 is 0 Å². The molecule has 108 valence electrons. The zero-order valence-electron chi connectivity index (χ0n) is 11.9. The van der Waals surface area contributed by atoms with E-state index in [9.17, 15) is 4.79 Å². The van der Waals surface area contributed by atoms with Crippen LogP contribution >= 0.6 is 0 Å². The molecule has 3 atom stereocenters. The van der Waals surface area contributed by atoms with E-state index in [0.717, 1.165) is 32.7 Å². The van der Waals surface area contributed by atoms with Crippen LogP contribution in [0, 0.1) is 11.8 Å². The van der Waals surface area contributed by atoms with Crippen molar-refractivity contribution in [2.75, 3.05) is 26.2 Å². The van der Waals surface area contributed by atoms with E-state index in [-0.39, 0.29) is 12.0 Å². The van der Waals surface area contributed by atoms with Crippen LogP contribution in [0.2, 0.25) is 0 Å². The van der Waals surface area contributed by atoms with Crippen LogP contribution in [0.5, 0.6) is 0 Å². The van der Waals surface area contributed by atoms with Crippen molar-refractivity contribution < 1.29 is 9.53 Å². The predicted molar refractivity (Wildman–Crippen MR) is 73.8 cm³/mol. The van der Waals surface area contributed by atoms with Crippen molar-refractivity contribution in [3.8, 4) is 0 Å². The van der Waals surface area contributed by atoms with Gasteiger partial charge in [-0.05, 0) is 57.0 Å². The van der Waals surface area contributed by atoms with Gasteiger partial charge < -0.3 is 15.0 Å². The largest absolute Gasteiger partial charge is 0.368 e. The van der Waals surface area contributed by atoms with Crippen molar-refractivity contribution in [3.05, 3.63) is 0 Å². The SMILES string of the molecule is CC1CCOC1C(=O)N(CC1CCCNC1)C1CC1. The molecular formula is C15H26N2O2. The zero-order chi connectivity index (χ0) is 13.2. The second-order valence-electron chi connectivity index (χ2n) is 6.49. The van der Waals surface area contributed by atoms with E-state index in [0.29, 0.717) is 17.9 Å². The summed E-state index contributed by atoms with van der Waals surface area (Å²) >= 11 is 0. The Kier molecular flexibility index (Phi) is 4.08. The summed E-state index contributed by atoms with van der Waals surface area (Å²) in [4.78, 5) is 14.8. The fraction of sp³-hybridized carbons (Fsp3) is 0.933. The molecule has 1 aliphatic carbocycles. The average Bonchev–Trinajstić information content (AvgIpc) is 3.18. The topological polar surface area (TPSA) is 41.6 Å². The molecule has 2 heterocycles. The van der Waals surface area contributed by atoms with E-state index in [1.807, 2.05) is 0 Å². The Balaban J connectivity index is 1.61. The Morgan fingerprint density at radius 3 is 2.74 bits per heavy atom. The number of hydrogen-bond acceptors (Lipinski definition) is 3. The van der Waals surface area contributed by atoms with Gasteiger partial charge in [0.1, 0.15) is 6.10 Å². The first-order valence-corrected chi connectivity index (χ1v) is 7.88. The van der Waals surface area contributed by atoms with Crippen LogP contribution in [0.25, 0.3) is 0 Å². The summed E-state index contributed by atoms with van der Waals surface area (Å²) in [7, 11) is 0. The van der Waals surface area contributed by atoms with Crippen LogP contribution in [0.1, 0.15) is 39.0 Å². The Labute approximate surface area is 115 Å². The summed E-state index contributed by atoms with van der Waals surface area (Å²) in [5.74, 6) is 1.28. The highest BCUT2D eigenvalue weighted by Crippen LogP contribution is 2.32. The molecule has 3 fully saturated rings. The molecule has 2 saturated heterocycles. The molecule has 0 radical (unpaired) electrons. The van der Waals surface area contributed by atoms with E-state index in [1.165, 1.54) is 25.7 Å². The number of carbonyl (C=O) groups is 1. The summed E-state index contributed by atoms with van der Waals surface area (Å²) in [6, 6.07) is 0.505. The second kappa shape index (κ2) is 5.80. The maximum absolute atomic E-state index is 12.7. The van der Waals surface area contributed by atoms with Gasteiger partial charge in [-0.1, -0.05) is 6.92 Å². The molecule has 19 heavy (non-hydrogen) atoms. The number of nitrogens with one attached hydrogen (secondary N) is 1. The highest BCUT2D eigenvalue weighted by Gasteiger charge is 2.40. The standard InChI is InChI=1S/C15H26N2O2/c1-11-6-8-19-14(11)15(18)17(13-4-5-13)10-12-3-2-7-16-9-12/h11-14,16H,2-10H2,1H3. The van der Waals surface area contributed by atoms with Crippen LogP contribution in [-0.4, -0.2) is 49.2 Å². The third kappa shape index (κ3) is 3.11. The Hall–Kier alpha value is -0.610. The molecule has 4 heteroatoms. The van der Waals surface area contributed by atoms with E-state index in [4.69, 9.17) is 4.74 Å². The fourth-order valence-corrected chi connectivity index (χ4v) is 3.34. The maximum Gasteiger partial charge on any atom is 0.252 e. The maximum atomic E-state index is 12.7. The fourth-order valence-electron chi connectivity index (χ4n) is 3.34. The number of carbonyl (C=O) groups excluding carboxylic acids is 1. The number of amides is 1. The highest BCUT2D eigenvalue weighted by atomic mass is 16.5. The van der Waals surface area contributed by atoms with Crippen molar-refractivity contribution in [1.29, 1.82) is 0 Å². The first-order valence-electron chi connectivity index (χ1n) is 7.88. The third-order valence-corrected chi connectivity index (χ3v) is 4.76. The van der Waals surface area contributed by atoms with Crippen molar-refractivity contribution >= 4 is 5.91 Å². The number of hydrogen-bond donors (Lipinski definition) is 1. The van der Waals surface area contributed by atoms with Crippen molar-refractivity contribution in [2.45, 2.75) is 51.2 Å². The van der Waals surface area contributed by atoms with E-state index in [1.54, 1.807) is 0 Å². The van der Waals surface area contributed by atoms with Gasteiger partial charge in [0.2, 0.25) is 0 Å². The summed E-state index contributed by atoms with van der Waals surface area (Å²) in [6.45, 7) is 6.03.